The summed E-state index contributed by atoms with van der Waals surface area (Å²) >= 11 is 0. The number of nitrogens with two attached hydrogens (primary N) is 1. The van der Waals surface area contributed by atoms with Crippen molar-refractivity contribution in [2.45, 2.75) is 30.3 Å². The number of hydrogen-bond donors (Lipinski definition) is 2. The molecular formula is C17H18F2N6O3S. The molecule has 12 heteroatoms. The van der Waals surface area contributed by atoms with Crippen LogP contribution < -0.4 is 5.73 Å². The number of aryl methyl sites for hydroxylation is 1. The van der Waals surface area contributed by atoms with E-state index in [1.165, 1.54) is 29.2 Å². The van der Waals surface area contributed by atoms with Crippen LogP contribution in [-0.4, -0.2) is 62.5 Å². The van der Waals surface area contributed by atoms with Crippen LogP contribution in [0.5, 0.6) is 0 Å². The van der Waals surface area contributed by atoms with Crippen LogP contribution in [-0.2, 0) is 10.0 Å². The summed E-state index contributed by atoms with van der Waals surface area (Å²) in [6.45, 7) is 0.744. The third-order valence-corrected chi connectivity index (χ3v) is 6.87. The van der Waals surface area contributed by atoms with Crippen LogP contribution in [0, 0.1) is 6.92 Å². The number of β-amino-alcohol motifs (C(OH)–C–C–N with tert-alkyl or cyclic N) is 1. The smallest absolute Gasteiger partial charge is 0.276 e. The van der Waals surface area contributed by atoms with Gasteiger partial charge in [0.2, 0.25) is 10.0 Å². The van der Waals surface area contributed by atoms with Gasteiger partial charge in [-0.2, -0.15) is 9.40 Å². The first kappa shape index (κ1) is 19.6. The van der Waals surface area contributed by atoms with Crippen LogP contribution in [0.4, 0.5) is 14.6 Å². The Morgan fingerprint density at radius 1 is 1.31 bits per heavy atom. The fourth-order valence-electron chi connectivity index (χ4n) is 3.28. The van der Waals surface area contributed by atoms with Crippen LogP contribution in [0.1, 0.15) is 12.0 Å². The van der Waals surface area contributed by atoms with Crippen molar-refractivity contribution in [3.63, 3.8) is 0 Å². The van der Waals surface area contributed by atoms with Gasteiger partial charge in [-0.3, -0.25) is 0 Å². The number of sulfonamides is 1. The molecule has 0 radical (unpaired) electrons. The summed E-state index contributed by atoms with van der Waals surface area (Å²) in [6, 6.07) is 4.45. The first-order valence-electron chi connectivity index (χ1n) is 8.72. The lowest BCUT2D eigenvalue weighted by Crippen LogP contribution is -2.52. The van der Waals surface area contributed by atoms with Crippen molar-refractivity contribution in [3.05, 3.63) is 36.3 Å². The molecule has 3 aromatic rings. The Morgan fingerprint density at radius 3 is 2.79 bits per heavy atom. The van der Waals surface area contributed by atoms with Gasteiger partial charge in [-0.25, -0.2) is 31.7 Å². The second-order valence-corrected chi connectivity index (χ2v) is 8.83. The lowest BCUT2D eigenvalue weighted by molar-refractivity contribution is -0.136. The van der Waals surface area contributed by atoms with Gasteiger partial charge >= 0.3 is 0 Å². The van der Waals surface area contributed by atoms with Crippen LogP contribution in [0.15, 0.2) is 35.6 Å². The summed E-state index contributed by atoms with van der Waals surface area (Å²) in [5.41, 5.74) is 7.93. The Labute approximate surface area is 164 Å². The Kier molecular flexibility index (Phi) is 4.52. The molecule has 2 aromatic heterocycles. The van der Waals surface area contributed by atoms with Gasteiger partial charge in [0, 0.05) is 25.1 Å². The highest BCUT2D eigenvalue weighted by atomic mass is 32.2. The van der Waals surface area contributed by atoms with E-state index >= 15 is 0 Å². The maximum Gasteiger partial charge on any atom is 0.276 e. The fourth-order valence-corrected chi connectivity index (χ4v) is 4.76. The van der Waals surface area contributed by atoms with Crippen molar-refractivity contribution < 1.29 is 22.3 Å². The summed E-state index contributed by atoms with van der Waals surface area (Å²) in [7, 11) is -4.08. The molecule has 1 aliphatic heterocycles. The molecule has 1 fully saturated rings. The lowest BCUT2D eigenvalue weighted by atomic mass is 10.1. The standard InChI is InChI=1S/C17H18F2N6O3S/c1-10-2-3-11(29(27,28)24-5-4-17(18,19)14(26)8-24)6-12(10)13-7-21-16-15(20)22-9-23-25(13)16/h2-3,6-7,9,14,26H,4-5,8H2,1H3,(H2,20,22,23). The highest BCUT2D eigenvalue weighted by Crippen LogP contribution is 2.33. The second-order valence-electron chi connectivity index (χ2n) is 6.89. The molecule has 0 saturated carbocycles. The van der Waals surface area contributed by atoms with Crippen LogP contribution in [0.3, 0.4) is 0 Å². The molecule has 3 heterocycles. The minimum absolute atomic E-state index is 0.0764. The van der Waals surface area contributed by atoms with Gasteiger partial charge < -0.3 is 10.8 Å². The number of nitrogens with zero attached hydrogens (tertiary/aromatic N) is 5. The molecule has 0 aliphatic carbocycles. The van der Waals surface area contributed by atoms with Crippen molar-refractivity contribution in [3.8, 4) is 11.3 Å². The number of aliphatic hydroxyl groups excluding tert-OH is 1. The normalized spacial score (nSPS) is 20.2. The molecule has 4 rings (SSSR count). The van der Waals surface area contributed by atoms with E-state index in [9.17, 15) is 22.3 Å². The number of hydrogen-bond acceptors (Lipinski definition) is 7. The number of alkyl halides is 2. The molecule has 0 bridgehead atoms. The summed E-state index contributed by atoms with van der Waals surface area (Å²) in [5, 5.41) is 13.7. The van der Waals surface area contributed by atoms with Crippen molar-refractivity contribution >= 4 is 21.5 Å². The molecule has 0 spiro atoms. The zero-order valence-electron chi connectivity index (χ0n) is 15.3. The van der Waals surface area contributed by atoms with Gasteiger partial charge in [-0.15, -0.1) is 0 Å². The highest BCUT2D eigenvalue weighted by Gasteiger charge is 2.46. The zero-order chi connectivity index (χ0) is 21.0. The van der Waals surface area contributed by atoms with E-state index in [4.69, 9.17) is 5.73 Å². The van der Waals surface area contributed by atoms with E-state index in [1.54, 1.807) is 13.0 Å². The van der Waals surface area contributed by atoms with Gasteiger partial charge in [0.25, 0.3) is 5.92 Å². The SMILES string of the molecule is Cc1ccc(S(=O)(=O)N2CCC(F)(F)C(O)C2)cc1-c1cnc2c(N)ncnn12. The number of aliphatic hydroxyl groups is 1. The first-order valence-corrected chi connectivity index (χ1v) is 10.2. The molecule has 1 saturated heterocycles. The second kappa shape index (κ2) is 6.68. The average molecular weight is 424 g/mol. The number of nitrogen functional groups attached to an aromatic ring is 1. The molecular weight excluding hydrogens is 406 g/mol. The number of anilines is 1. The predicted molar refractivity (Wildman–Crippen MR) is 99.7 cm³/mol. The van der Waals surface area contributed by atoms with Crippen LogP contribution >= 0.6 is 0 Å². The lowest BCUT2D eigenvalue weighted by Gasteiger charge is -2.34. The van der Waals surface area contributed by atoms with Gasteiger partial charge in [0.15, 0.2) is 11.5 Å². The number of piperidine rings is 1. The maximum absolute atomic E-state index is 13.5. The Bertz CT molecular complexity index is 1200. The van der Waals surface area contributed by atoms with Crippen molar-refractivity contribution in [2.75, 3.05) is 18.8 Å². The Balaban J connectivity index is 1.76. The molecule has 1 aliphatic rings. The van der Waals surface area contributed by atoms with E-state index in [1.807, 2.05) is 0 Å². The van der Waals surface area contributed by atoms with Gasteiger partial charge in [-0.1, -0.05) is 6.07 Å². The quantitative estimate of drug-likeness (QED) is 0.644. The Morgan fingerprint density at radius 2 is 2.07 bits per heavy atom. The van der Waals surface area contributed by atoms with Crippen LogP contribution in [0.2, 0.25) is 0 Å². The number of imidazole rings is 1. The van der Waals surface area contributed by atoms with E-state index in [2.05, 4.69) is 15.1 Å². The maximum atomic E-state index is 13.5. The summed E-state index contributed by atoms with van der Waals surface area (Å²) in [6.07, 6.45) is -0.0205. The Hall–Kier alpha value is -2.70. The van der Waals surface area contributed by atoms with Gasteiger partial charge in [-0.05, 0) is 24.6 Å². The molecule has 9 nitrogen and oxygen atoms in total. The van der Waals surface area contributed by atoms with Crippen molar-refractivity contribution in [1.82, 2.24) is 23.9 Å². The molecule has 1 unspecified atom stereocenters. The fraction of sp³-hybridized carbons (Fsp3) is 0.353. The molecule has 0 amide bonds. The third kappa shape index (κ3) is 3.22. The van der Waals surface area contributed by atoms with E-state index in [0.717, 1.165) is 9.87 Å². The van der Waals surface area contributed by atoms with Gasteiger partial charge in [0.1, 0.15) is 12.4 Å². The number of fused-ring (bicyclic) bond motifs is 1. The zero-order valence-corrected chi connectivity index (χ0v) is 16.1. The van der Waals surface area contributed by atoms with E-state index < -0.39 is 35.0 Å². The number of rotatable bonds is 3. The summed E-state index contributed by atoms with van der Waals surface area (Å²) in [4.78, 5) is 7.97. The molecule has 154 valence electrons. The number of aromatic nitrogens is 4. The number of benzene rings is 1. The molecule has 29 heavy (non-hydrogen) atoms. The van der Waals surface area contributed by atoms with E-state index in [0.29, 0.717) is 16.9 Å². The highest BCUT2D eigenvalue weighted by molar-refractivity contribution is 7.89. The molecule has 1 aromatic carbocycles. The first-order chi connectivity index (χ1) is 13.6. The summed E-state index contributed by atoms with van der Waals surface area (Å²) < 4.78 is 55.4. The predicted octanol–water partition coefficient (Wildman–Crippen LogP) is 1.07. The van der Waals surface area contributed by atoms with Crippen molar-refractivity contribution in [2.24, 2.45) is 0 Å². The minimum atomic E-state index is -4.08. The number of halogens is 2. The summed E-state index contributed by atoms with van der Waals surface area (Å²) in [5.74, 6) is -3.13. The van der Waals surface area contributed by atoms with Crippen LogP contribution in [0.25, 0.3) is 16.9 Å². The third-order valence-electron chi connectivity index (χ3n) is 5.01. The van der Waals surface area contributed by atoms with Gasteiger partial charge in [0.05, 0.1) is 16.8 Å². The minimum Gasteiger partial charge on any atom is -0.385 e. The molecule has 1 atom stereocenters. The largest absolute Gasteiger partial charge is 0.385 e. The van der Waals surface area contributed by atoms with E-state index in [-0.39, 0.29) is 17.3 Å². The van der Waals surface area contributed by atoms with Crippen molar-refractivity contribution in [1.29, 1.82) is 0 Å². The monoisotopic (exact) mass is 424 g/mol. The molecule has 3 N–H and O–H groups in total. The topological polar surface area (TPSA) is 127 Å². The average Bonchev–Trinajstić information content (AvgIpc) is 3.09.